The number of fused-ring (bicyclic) bond motifs is 1. The van der Waals surface area contributed by atoms with E-state index in [0.717, 1.165) is 26.6 Å². The van der Waals surface area contributed by atoms with E-state index in [0.29, 0.717) is 5.39 Å². The highest BCUT2D eigenvalue weighted by Crippen LogP contribution is 2.23. The maximum Gasteiger partial charge on any atom is 0.242 e. The normalized spacial score (nSPS) is 11.9. The Morgan fingerprint density at radius 1 is 1.14 bits per heavy atom. The molecule has 1 heterocycles. The Balaban J connectivity index is 1.67. The molecule has 0 radical (unpaired) electrons. The van der Waals surface area contributed by atoms with Crippen LogP contribution in [0, 0.1) is 12.7 Å². The molecule has 0 spiro atoms. The Labute approximate surface area is 163 Å². The molecule has 2 N–H and O–H groups in total. The topological polar surface area (TPSA) is 82.3 Å². The fraction of sp³-hybridized carbons (Fsp3) is 0.250. The van der Waals surface area contributed by atoms with E-state index < -0.39 is 10.0 Å². The number of carbonyl (C=O) groups excluding carboxylic acids is 1. The Morgan fingerprint density at radius 2 is 1.82 bits per heavy atom. The van der Waals surface area contributed by atoms with Crippen LogP contribution in [0.5, 0.6) is 0 Å². The number of carbonyl (C=O) groups is 1. The van der Waals surface area contributed by atoms with Gasteiger partial charge in [-0.2, -0.15) is 0 Å². The molecule has 2 aromatic carbocycles. The van der Waals surface area contributed by atoms with E-state index in [4.69, 9.17) is 0 Å². The third-order valence-corrected chi connectivity index (χ3v) is 6.44. The maximum absolute atomic E-state index is 13.5. The molecule has 0 saturated heterocycles. The SMILES string of the molecule is Cc1[nH]c2ccc(F)cc2c1CC(=O)NCc1ccc(S(=O)(=O)N(C)C)cc1. The highest BCUT2D eigenvalue weighted by Gasteiger charge is 2.17. The van der Waals surface area contributed by atoms with E-state index in [2.05, 4.69) is 10.3 Å². The molecule has 0 aliphatic rings. The van der Waals surface area contributed by atoms with Crippen molar-refractivity contribution in [3.63, 3.8) is 0 Å². The van der Waals surface area contributed by atoms with Crippen molar-refractivity contribution in [2.24, 2.45) is 0 Å². The van der Waals surface area contributed by atoms with Crippen molar-refractivity contribution in [1.82, 2.24) is 14.6 Å². The molecular weight excluding hydrogens is 381 g/mol. The summed E-state index contributed by atoms with van der Waals surface area (Å²) >= 11 is 0. The molecule has 0 aliphatic carbocycles. The number of aromatic nitrogens is 1. The van der Waals surface area contributed by atoms with Crippen molar-refractivity contribution < 1.29 is 17.6 Å². The number of sulfonamides is 1. The first-order valence-corrected chi connectivity index (χ1v) is 10.2. The zero-order valence-electron chi connectivity index (χ0n) is 15.9. The number of halogens is 1. The molecule has 3 rings (SSSR count). The molecule has 148 valence electrons. The van der Waals surface area contributed by atoms with Crippen LogP contribution in [0.4, 0.5) is 4.39 Å². The number of amides is 1. The van der Waals surface area contributed by atoms with Crippen LogP contribution >= 0.6 is 0 Å². The van der Waals surface area contributed by atoms with Gasteiger partial charge in [-0.1, -0.05) is 12.1 Å². The number of rotatable bonds is 6. The molecule has 0 aliphatic heterocycles. The van der Waals surface area contributed by atoms with Gasteiger partial charge < -0.3 is 10.3 Å². The van der Waals surface area contributed by atoms with Gasteiger partial charge in [-0.15, -0.1) is 0 Å². The summed E-state index contributed by atoms with van der Waals surface area (Å²) in [6, 6.07) is 10.8. The van der Waals surface area contributed by atoms with Crippen molar-refractivity contribution in [2.45, 2.75) is 24.8 Å². The number of aromatic amines is 1. The van der Waals surface area contributed by atoms with E-state index in [9.17, 15) is 17.6 Å². The van der Waals surface area contributed by atoms with Crippen LogP contribution in [-0.4, -0.2) is 37.7 Å². The van der Waals surface area contributed by atoms with Gasteiger partial charge in [0.2, 0.25) is 15.9 Å². The van der Waals surface area contributed by atoms with Gasteiger partial charge in [0.05, 0.1) is 11.3 Å². The molecule has 1 amide bonds. The third-order valence-electron chi connectivity index (χ3n) is 4.61. The van der Waals surface area contributed by atoms with E-state index >= 15 is 0 Å². The maximum atomic E-state index is 13.5. The van der Waals surface area contributed by atoms with Crippen LogP contribution in [0.15, 0.2) is 47.4 Å². The molecule has 0 atom stereocenters. The fourth-order valence-corrected chi connectivity index (χ4v) is 3.90. The summed E-state index contributed by atoms with van der Waals surface area (Å²) in [4.78, 5) is 15.7. The largest absolute Gasteiger partial charge is 0.358 e. The van der Waals surface area contributed by atoms with Gasteiger partial charge >= 0.3 is 0 Å². The predicted octanol–water partition coefficient (Wildman–Crippen LogP) is 2.72. The molecule has 0 bridgehead atoms. The zero-order valence-corrected chi connectivity index (χ0v) is 16.7. The van der Waals surface area contributed by atoms with E-state index in [1.807, 2.05) is 6.92 Å². The van der Waals surface area contributed by atoms with Crippen LogP contribution in [0.2, 0.25) is 0 Å². The molecule has 3 aromatic rings. The lowest BCUT2D eigenvalue weighted by molar-refractivity contribution is -0.120. The number of benzene rings is 2. The lowest BCUT2D eigenvalue weighted by Crippen LogP contribution is -2.25. The van der Waals surface area contributed by atoms with Gasteiger partial charge in [-0.3, -0.25) is 4.79 Å². The number of aryl methyl sites for hydroxylation is 1. The summed E-state index contributed by atoms with van der Waals surface area (Å²) in [5.41, 5.74) is 3.17. The molecule has 0 fully saturated rings. The van der Waals surface area contributed by atoms with Crippen LogP contribution < -0.4 is 5.32 Å². The minimum Gasteiger partial charge on any atom is -0.358 e. The molecule has 1 aromatic heterocycles. The number of hydrogen-bond donors (Lipinski definition) is 2. The van der Waals surface area contributed by atoms with Gasteiger partial charge in [0, 0.05) is 37.2 Å². The highest BCUT2D eigenvalue weighted by molar-refractivity contribution is 7.89. The highest BCUT2D eigenvalue weighted by atomic mass is 32.2. The van der Waals surface area contributed by atoms with Crippen molar-refractivity contribution in [1.29, 1.82) is 0 Å². The monoisotopic (exact) mass is 403 g/mol. The fourth-order valence-electron chi connectivity index (χ4n) is 3.00. The van der Waals surface area contributed by atoms with Crippen molar-refractivity contribution in [2.75, 3.05) is 14.1 Å². The van der Waals surface area contributed by atoms with Gasteiger partial charge in [0.25, 0.3) is 0 Å². The number of nitrogens with one attached hydrogen (secondary N) is 2. The molecule has 8 heteroatoms. The first kappa shape index (κ1) is 20.0. The first-order chi connectivity index (χ1) is 13.2. The van der Waals surface area contributed by atoms with Gasteiger partial charge in [-0.25, -0.2) is 17.1 Å². The lowest BCUT2D eigenvalue weighted by atomic mass is 10.1. The summed E-state index contributed by atoms with van der Waals surface area (Å²) in [5.74, 6) is -0.542. The van der Waals surface area contributed by atoms with E-state index in [1.165, 1.54) is 38.4 Å². The van der Waals surface area contributed by atoms with Gasteiger partial charge in [0.1, 0.15) is 5.82 Å². The standard InChI is InChI=1S/C20H22FN3O3S/c1-13-17(18-10-15(21)6-9-19(18)23-13)11-20(25)22-12-14-4-7-16(8-5-14)28(26,27)24(2)3/h4-10,23H,11-12H2,1-3H3,(H,22,25). The quantitative estimate of drug-likeness (QED) is 0.664. The molecule has 0 saturated carbocycles. The second kappa shape index (κ2) is 7.73. The minimum absolute atomic E-state index is 0.127. The summed E-state index contributed by atoms with van der Waals surface area (Å²) in [6.45, 7) is 2.13. The molecule has 6 nitrogen and oxygen atoms in total. The summed E-state index contributed by atoms with van der Waals surface area (Å²) in [7, 11) is -0.528. The predicted molar refractivity (Wildman–Crippen MR) is 106 cm³/mol. The second-order valence-corrected chi connectivity index (χ2v) is 8.96. The Hall–Kier alpha value is -2.71. The van der Waals surface area contributed by atoms with Crippen molar-refractivity contribution in [3.05, 3.63) is 65.1 Å². The molecular formula is C20H22FN3O3S. The Bertz CT molecular complexity index is 1120. The zero-order chi connectivity index (χ0) is 20.5. The average molecular weight is 403 g/mol. The Kier molecular flexibility index (Phi) is 5.53. The first-order valence-electron chi connectivity index (χ1n) is 8.73. The molecule has 28 heavy (non-hydrogen) atoms. The molecule has 0 unspecified atom stereocenters. The second-order valence-electron chi connectivity index (χ2n) is 6.80. The van der Waals surface area contributed by atoms with E-state index in [1.54, 1.807) is 18.2 Å². The summed E-state index contributed by atoms with van der Waals surface area (Å²) in [5, 5.41) is 3.52. The summed E-state index contributed by atoms with van der Waals surface area (Å²) < 4.78 is 38.8. The minimum atomic E-state index is -3.48. The van der Waals surface area contributed by atoms with Crippen LogP contribution in [0.3, 0.4) is 0 Å². The van der Waals surface area contributed by atoms with Crippen LogP contribution in [-0.2, 0) is 27.8 Å². The van der Waals surface area contributed by atoms with Gasteiger partial charge in [0.15, 0.2) is 0 Å². The number of hydrogen-bond acceptors (Lipinski definition) is 3. The van der Waals surface area contributed by atoms with E-state index in [-0.39, 0.29) is 29.6 Å². The number of H-pyrrole nitrogens is 1. The van der Waals surface area contributed by atoms with Crippen molar-refractivity contribution in [3.8, 4) is 0 Å². The smallest absolute Gasteiger partial charge is 0.242 e. The van der Waals surface area contributed by atoms with Crippen molar-refractivity contribution >= 4 is 26.8 Å². The Morgan fingerprint density at radius 3 is 2.46 bits per heavy atom. The summed E-state index contributed by atoms with van der Waals surface area (Å²) in [6.07, 6.45) is 0.127. The average Bonchev–Trinajstić information content (AvgIpc) is 2.95. The van der Waals surface area contributed by atoms with Crippen LogP contribution in [0.1, 0.15) is 16.8 Å². The van der Waals surface area contributed by atoms with Gasteiger partial charge in [-0.05, 0) is 48.4 Å². The lowest BCUT2D eigenvalue weighted by Gasteiger charge is -2.12. The third kappa shape index (κ3) is 4.07. The number of nitrogens with zero attached hydrogens (tertiary/aromatic N) is 1. The van der Waals surface area contributed by atoms with Crippen LogP contribution in [0.25, 0.3) is 10.9 Å².